The van der Waals surface area contributed by atoms with E-state index in [9.17, 15) is 0 Å². The number of ether oxygens (including phenoxy) is 1. The summed E-state index contributed by atoms with van der Waals surface area (Å²) in [5.74, 6) is 0.790. The average Bonchev–Trinajstić information content (AvgIpc) is 2.80. The van der Waals surface area contributed by atoms with Crippen LogP contribution in [0.5, 0.6) is 5.75 Å². The predicted octanol–water partition coefficient (Wildman–Crippen LogP) is 5.46. The zero-order valence-corrected chi connectivity index (χ0v) is 14.7. The number of rotatable bonds is 6. The van der Waals surface area contributed by atoms with Gasteiger partial charge in [0.15, 0.2) is 0 Å². The largest absolute Gasteiger partial charge is 0.496 e. The summed E-state index contributed by atoms with van der Waals surface area (Å²) < 4.78 is 6.33. The maximum atomic E-state index is 6.23. The van der Waals surface area contributed by atoms with Crippen molar-refractivity contribution in [3.8, 4) is 5.75 Å². The van der Waals surface area contributed by atoms with Crippen molar-refractivity contribution in [2.75, 3.05) is 13.7 Å². The standard InChI is InChI=1S/C16H19Cl2NOS/c1-4-7-19-15(14-8-10(2)16(18)21-14)12-6-5-11(17)9-13(12)20-3/h5-6,8-9,15,19H,4,7H2,1-3H3. The molecule has 0 aliphatic carbocycles. The fourth-order valence-corrected chi connectivity index (χ4v) is 3.68. The third kappa shape index (κ3) is 3.92. The first-order valence-electron chi connectivity index (χ1n) is 6.89. The zero-order valence-electron chi connectivity index (χ0n) is 12.4. The molecule has 0 bridgehead atoms. The van der Waals surface area contributed by atoms with Gasteiger partial charge in [0, 0.05) is 15.5 Å². The lowest BCUT2D eigenvalue weighted by molar-refractivity contribution is 0.404. The Morgan fingerprint density at radius 2 is 2.05 bits per heavy atom. The minimum atomic E-state index is 0.0633. The van der Waals surface area contributed by atoms with E-state index in [1.807, 2.05) is 25.1 Å². The summed E-state index contributed by atoms with van der Waals surface area (Å²) in [7, 11) is 1.67. The van der Waals surface area contributed by atoms with Gasteiger partial charge in [0.1, 0.15) is 5.75 Å². The Hall–Kier alpha value is -0.740. The lowest BCUT2D eigenvalue weighted by Crippen LogP contribution is -2.22. The van der Waals surface area contributed by atoms with Gasteiger partial charge < -0.3 is 10.1 Å². The Bertz CT molecular complexity index is 593. The molecule has 0 amide bonds. The molecule has 1 aromatic heterocycles. The SMILES string of the molecule is CCCNC(c1cc(C)c(Cl)s1)c1ccc(Cl)cc1OC. The molecule has 2 aromatic rings. The van der Waals surface area contributed by atoms with Crippen molar-refractivity contribution < 1.29 is 4.74 Å². The van der Waals surface area contributed by atoms with Gasteiger partial charge in [-0.25, -0.2) is 0 Å². The van der Waals surface area contributed by atoms with Gasteiger partial charge in [-0.05, 0) is 43.7 Å². The van der Waals surface area contributed by atoms with Crippen molar-refractivity contribution in [1.29, 1.82) is 0 Å². The van der Waals surface area contributed by atoms with Crippen LogP contribution in [0.25, 0.3) is 0 Å². The van der Waals surface area contributed by atoms with Gasteiger partial charge in [0.25, 0.3) is 0 Å². The molecule has 0 aliphatic rings. The molecule has 0 saturated carbocycles. The molecule has 1 aromatic carbocycles. The van der Waals surface area contributed by atoms with E-state index < -0.39 is 0 Å². The van der Waals surface area contributed by atoms with Gasteiger partial charge in [0.05, 0.1) is 17.5 Å². The molecule has 0 radical (unpaired) electrons. The highest BCUT2D eigenvalue weighted by Crippen LogP contribution is 2.38. The quantitative estimate of drug-likeness (QED) is 0.751. The molecule has 114 valence electrons. The summed E-state index contributed by atoms with van der Waals surface area (Å²) >= 11 is 13.9. The number of hydrogen-bond donors (Lipinski definition) is 1. The van der Waals surface area contributed by atoms with Gasteiger partial charge in [-0.2, -0.15) is 0 Å². The van der Waals surface area contributed by atoms with Crippen LogP contribution in [0.2, 0.25) is 9.36 Å². The number of thiophene rings is 1. The van der Waals surface area contributed by atoms with Crippen LogP contribution in [0.1, 0.15) is 35.4 Å². The Morgan fingerprint density at radius 1 is 1.29 bits per heavy atom. The maximum Gasteiger partial charge on any atom is 0.125 e. The van der Waals surface area contributed by atoms with Crippen molar-refractivity contribution in [3.05, 3.63) is 49.6 Å². The molecule has 0 fully saturated rings. The van der Waals surface area contributed by atoms with Crippen LogP contribution in [-0.2, 0) is 0 Å². The first-order valence-corrected chi connectivity index (χ1v) is 8.46. The van der Waals surface area contributed by atoms with E-state index in [0.29, 0.717) is 5.02 Å². The van der Waals surface area contributed by atoms with E-state index in [1.165, 1.54) is 4.88 Å². The lowest BCUT2D eigenvalue weighted by Gasteiger charge is -2.20. The van der Waals surface area contributed by atoms with Crippen LogP contribution in [0, 0.1) is 6.92 Å². The first-order chi connectivity index (χ1) is 10.1. The second-order valence-electron chi connectivity index (χ2n) is 4.88. The fraction of sp³-hybridized carbons (Fsp3) is 0.375. The molecule has 21 heavy (non-hydrogen) atoms. The highest BCUT2D eigenvalue weighted by Gasteiger charge is 2.20. The Morgan fingerprint density at radius 3 is 2.62 bits per heavy atom. The molecule has 1 N–H and O–H groups in total. The van der Waals surface area contributed by atoms with Crippen LogP contribution in [0.3, 0.4) is 0 Å². The summed E-state index contributed by atoms with van der Waals surface area (Å²) in [6.45, 7) is 5.10. The monoisotopic (exact) mass is 343 g/mol. The van der Waals surface area contributed by atoms with Crippen LogP contribution >= 0.6 is 34.5 Å². The van der Waals surface area contributed by atoms with Gasteiger partial charge >= 0.3 is 0 Å². The molecule has 1 atom stereocenters. The predicted molar refractivity (Wildman–Crippen MR) is 92.2 cm³/mol. The summed E-state index contributed by atoms with van der Waals surface area (Å²) in [6.07, 6.45) is 1.06. The van der Waals surface area contributed by atoms with E-state index in [1.54, 1.807) is 18.4 Å². The second-order valence-corrected chi connectivity index (χ2v) is 7.00. The number of aryl methyl sites for hydroxylation is 1. The van der Waals surface area contributed by atoms with E-state index in [4.69, 9.17) is 27.9 Å². The average molecular weight is 344 g/mol. The second kappa shape index (κ2) is 7.50. The van der Waals surface area contributed by atoms with E-state index >= 15 is 0 Å². The fourth-order valence-electron chi connectivity index (χ4n) is 2.20. The van der Waals surface area contributed by atoms with Crippen molar-refractivity contribution in [2.45, 2.75) is 26.3 Å². The minimum Gasteiger partial charge on any atom is -0.496 e. The van der Waals surface area contributed by atoms with E-state index in [0.717, 1.165) is 34.2 Å². The molecule has 0 spiro atoms. The van der Waals surface area contributed by atoms with Crippen LogP contribution in [0.15, 0.2) is 24.3 Å². The van der Waals surface area contributed by atoms with Crippen molar-refractivity contribution in [1.82, 2.24) is 5.32 Å². The molecule has 2 nitrogen and oxygen atoms in total. The number of nitrogens with one attached hydrogen (secondary N) is 1. The number of hydrogen-bond acceptors (Lipinski definition) is 3. The Kier molecular flexibility index (Phi) is 5.94. The molecule has 0 aliphatic heterocycles. The van der Waals surface area contributed by atoms with Crippen LogP contribution in [0.4, 0.5) is 0 Å². The van der Waals surface area contributed by atoms with Gasteiger partial charge in [-0.3, -0.25) is 0 Å². The normalized spacial score (nSPS) is 12.4. The summed E-state index contributed by atoms with van der Waals surface area (Å²) in [6, 6.07) is 7.95. The summed E-state index contributed by atoms with van der Waals surface area (Å²) in [4.78, 5) is 1.19. The molecule has 1 heterocycles. The topological polar surface area (TPSA) is 21.3 Å². The minimum absolute atomic E-state index is 0.0633. The van der Waals surface area contributed by atoms with Crippen LogP contribution in [-0.4, -0.2) is 13.7 Å². The van der Waals surface area contributed by atoms with E-state index in [-0.39, 0.29) is 6.04 Å². The smallest absolute Gasteiger partial charge is 0.125 e. The third-order valence-electron chi connectivity index (χ3n) is 3.27. The summed E-state index contributed by atoms with van der Waals surface area (Å²) in [5.41, 5.74) is 2.18. The molecular formula is C16H19Cl2NOS. The third-order valence-corrected chi connectivity index (χ3v) is 5.12. The maximum absolute atomic E-state index is 6.23. The highest BCUT2D eigenvalue weighted by atomic mass is 35.5. The van der Waals surface area contributed by atoms with Gasteiger partial charge in [-0.1, -0.05) is 36.2 Å². The molecule has 0 saturated heterocycles. The zero-order chi connectivity index (χ0) is 15.4. The number of methoxy groups -OCH3 is 1. The highest BCUT2D eigenvalue weighted by molar-refractivity contribution is 7.16. The van der Waals surface area contributed by atoms with Crippen molar-refractivity contribution >= 4 is 34.5 Å². The van der Waals surface area contributed by atoms with Gasteiger partial charge in [-0.15, -0.1) is 11.3 Å². The molecular weight excluding hydrogens is 325 g/mol. The number of benzene rings is 1. The number of halogens is 2. The molecule has 1 unspecified atom stereocenters. The summed E-state index contributed by atoms with van der Waals surface area (Å²) in [5, 5.41) is 4.24. The molecule has 2 rings (SSSR count). The Balaban J connectivity index is 2.44. The van der Waals surface area contributed by atoms with E-state index in [2.05, 4.69) is 18.3 Å². The molecule has 5 heteroatoms. The van der Waals surface area contributed by atoms with Gasteiger partial charge in [0.2, 0.25) is 0 Å². The van der Waals surface area contributed by atoms with Crippen molar-refractivity contribution in [2.24, 2.45) is 0 Å². The lowest BCUT2D eigenvalue weighted by atomic mass is 10.0. The first kappa shape index (κ1) is 16.6. The Labute approximate surface area is 140 Å². The van der Waals surface area contributed by atoms with Crippen molar-refractivity contribution in [3.63, 3.8) is 0 Å². The van der Waals surface area contributed by atoms with Crippen LogP contribution < -0.4 is 10.1 Å².